The highest BCUT2D eigenvalue weighted by Gasteiger charge is 2.24. The predicted octanol–water partition coefficient (Wildman–Crippen LogP) is 2.82. The van der Waals surface area contributed by atoms with Crippen molar-refractivity contribution >= 4 is 10.8 Å². The summed E-state index contributed by atoms with van der Waals surface area (Å²) < 4.78 is 0. The van der Waals surface area contributed by atoms with Crippen LogP contribution in [-0.4, -0.2) is 16.8 Å². The minimum absolute atomic E-state index is 0.112. The lowest BCUT2D eigenvalue weighted by molar-refractivity contribution is 0.0418. The van der Waals surface area contributed by atoms with Crippen molar-refractivity contribution in [3.05, 3.63) is 48.0 Å². The van der Waals surface area contributed by atoms with Crippen LogP contribution >= 0.6 is 0 Å². The third-order valence-corrected chi connectivity index (χ3v) is 3.19. The van der Waals surface area contributed by atoms with Gasteiger partial charge in [0.1, 0.15) is 0 Å². The number of hydrogen-bond acceptors (Lipinski definition) is 2. The van der Waals surface area contributed by atoms with E-state index in [0.29, 0.717) is 12.8 Å². The summed E-state index contributed by atoms with van der Waals surface area (Å²) in [6.45, 7) is 1.92. The van der Waals surface area contributed by atoms with Crippen molar-refractivity contribution in [2.45, 2.75) is 25.4 Å². The molecule has 0 aromatic heterocycles. The van der Waals surface area contributed by atoms with Gasteiger partial charge in [-0.15, -0.1) is 0 Å². The van der Waals surface area contributed by atoms with Gasteiger partial charge in [0.05, 0.1) is 5.60 Å². The Kier molecular flexibility index (Phi) is 3.46. The van der Waals surface area contributed by atoms with E-state index >= 15 is 0 Å². The standard InChI is InChI=1S/C15H18O2/c1-15(17,10-5-11-16)14-9-4-7-12-6-2-3-8-13(12)14/h2-4,6-9,16-17H,5,10-11H2,1H3. The Balaban J connectivity index is 2.47. The summed E-state index contributed by atoms with van der Waals surface area (Å²) in [7, 11) is 0. The maximum absolute atomic E-state index is 10.5. The van der Waals surface area contributed by atoms with Gasteiger partial charge in [0.2, 0.25) is 0 Å². The largest absolute Gasteiger partial charge is 0.396 e. The van der Waals surface area contributed by atoms with E-state index in [9.17, 15) is 5.11 Å². The van der Waals surface area contributed by atoms with Gasteiger partial charge in [0.15, 0.2) is 0 Å². The molecule has 2 heteroatoms. The molecule has 0 spiro atoms. The summed E-state index contributed by atoms with van der Waals surface area (Å²) in [5.74, 6) is 0. The lowest BCUT2D eigenvalue weighted by Crippen LogP contribution is -2.21. The van der Waals surface area contributed by atoms with E-state index in [0.717, 1.165) is 16.3 Å². The first-order chi connectivity index (χ1) is 8.15. The van der Waals surface area contributed by atoms with Gasteiger partial charge in [0, 0.05) is 6.61 Å². The van der Waals surface area contributed by atoms with Crippen molar-refractivity contribution in [1.82, 2.24) is 0 Å². The van der Waals surface area contributed by atoms with Crippen LogP contribution in [0.2, 0.25) is 0 Å². The third-order valence-electron chi connectivity index (χ3n) is 3.19. The first-order valence-electron chi connectivity index (χ1n) is 5.96. The van der Waals surface area contributed by atoms with Gasteiger partial charge in [-0.05, 0) is 36.1 Å². The minimum Gasteiger partial charge on any atom is -0.396 e. The molecule has 0 radical (unpaired) electrons. The molecule has 1 unspecified atom stereocenters. The molecular weight excluding hydrogens is 212 g/mol. The van der Waals surface area contributed by atoms with Gasteiger partial charge in [0.25, 0.3) is 0 Å². The van der Waals surface area contributed by atoms with Crippen LogP contribution in [0.15, 0.2) is 42.5 Å². The van der Waals surface area contributed by atoms with Crippen molar-refractivity contribution in [3.63, 3.8) is 0 Å². The Morgan fingerprint density at radius 2 is 1.76 bits per heavy atom. The quantitative estimate of drug-likeness (QED) is 0.848. The second-order valence-electron chi connectivity index (χ2n) is 4.63. The summed E-state index contributed by atoms with van der Waals surface area (Å²) in [6.07, 6.45) is 1.17. The van der Waals surface area contributed by atoms with Crippen LogP contribution < -0.4 is 0 Å². The summed E-state index contributed by atoms with van der Waals surface area (Å²) >= 11 is 0. The summed E-state index contributed by atoms with van der Waals surface area (Å²) in [6, 6.07) is 14.0. The van der Waals surface area contributed by atoms with E-state index in [-0.39, 0.29) is 6.61 Å². The molecule has 0 fully saturated rings. The molecule has 0 saturated heterocycles. The summed E-state index contributed by atoms with van der Waals surface area (Å²) in [5.41, 5.74) is 0.0490. The fourth-order valence-corrected chi connectivity index (χ4v) is 2.25. The van der Waals surface area contributed by atoms with Gasteiger partial charge in [-0.3, -0.25) is 0 Å². The monoisotopic (exact) mass is 230 g/mol. The lowest BCUT2D eigenvalue weighted by Gasteiger charge is -2.25. The summed E-state index contributed by atoms with van der Waals surface area (Å²) in [4.78, 5) is 0. The zero-order valence-corrected chi connectivity index (χ0v) is 10.1. The molecule has 0 aliphatic rings. The van der Waals surface area contributed by atoms with Gasteiger partial charge < -0.3 is 10.2 Å². The van der Waals surface area contributed by atoms with E-state index in [1.165, 1.54) is 0 Å². The first kappa shape index (κ1) is 12.1. The Morgan fingerprint density at radius 1 is 1.06 bits per heavy atom. The van der Waals surface area contributed by atoms with E-state index in [4.69, 9.17) is 5.11 Å². The van der Waals surface area contributed by atoms with Crippen molar-refractivity contribution in [2.75, 3.05) is 6.61 Å². The molecule has 0 heterocycles. The average Bonchev–Trinajstić information content (AvgIpc) is 2.36. The van der Waals surface area contributed by atoms with Gasteiger partial charge in [-0.2, -0.15) is 0 Å². The number of rotatable bonds is 4. The van der Waals surface area contributed by atoms with E-state index < -0.39 is 5.60 Å². The minimum atomic E-state index is -0.885. The molecule has 2 aromatic rings. The smallest absolute Gasteiger partial charge is 0.0875 e. The second kappa shape index (κ2) is 4.86. The molecule has 2 N–H and O–H groups in total. The van der Waals surface area contributed by atoms with Crippen LogP contribution in [0.1, 0.15) is 25.3 Å². The fraction of sp³-hybridized carbons (Fsp3) is 0.333. The van der Waals surface area contributed by atoms with Gasteiger partial charge in [-0.25, -0.2) is 0 Å². The Labute approximate surface area is 102 Å². The highest BCUT2D eigenvalue weighted by Crippen LogP contribution is 2.31. The van der Waals surface area contributed by atoms with E-state index in [1.807, 2.05) is 49.4 Å². The normalized spacial score (nSPS) is 14.8. The maximum Gasteiger partial charge on any atom is 0.0875 e. The Hall–Kier alpha value is -1.38. The van der Waals surface area contributed by atoms with Crippen molar-refractivity contribution in [1.29, 1.82) is 0 Å². The third kappa shape index (κ3) is 2.48. The fourth-order valence-electron chi connectivity index (χ4n) is 2.25. The van der Waals surface area contributed by atoms with Crippen LogP contribution in [0.25, 0.3) is 10.8 Å². The molecule has 0 saturated carbocycles. The van der Waals surface area contributed by atoms with E-state index in [2.05, 4.69) is 0 Å². The zero-order valence-electron chi connectivity index (χ0n) is 10.1. The molecular formula is C15H18O2. The van der Waals surface area contributed by atoms with Crippen molar-refractivity contribution < 1.29 is 10.2 Å². The highest BCUT2D eigenvalue weighted by atomic mass is 16.3. The van der Waals surface area contributed by atoms with Crippen molar-refractivity contribution in [2.24, 2.45) is 0 Å². The predicted molar refractivity (Wildman–Crippen MR) is 69.8 cm³/mol. The number of fused-ring (bicyclic) bond motifs is 1. The number of benzene rings is 2. The SMILES string of the molecule is CC(O)(CCCO)c1cccc2ccccc12. The Morgan fingerprint density at radius 3 is 2.53 bits per heavy atom. The van der Waals surface area contributed by atoms with Crippen LogP contribution in [0, 0.1) is 0 Å². The first-order valence-corrected chi connectivity index (χ1v) is 5.96. The molecule has 90 valence electrons. The lowest BCUT2D eigenvalue weighted by atomic mass is 9.87. The molecule has 0 aliphatic carbocycles. The average molecular weight is 230 g/mol. The molecule has 17 heavy (non-hydrogen) atoms. The maximum atomic E-state index is 10.5. The van der Waals surface area contributed by atoms with Gasteiger partial charge in [-0.1, -0.05) is 42.5 Å². The molecule has 2 rings (SSSR count). The van der Waals surface area contributed by atoms with Crippen molar-refractivity contribution in [3.8, 4) is 0 Å². The molecule has 0 bridgehead atoms. The molecule has 2 aromatic carbocycles. The number of aliphatic hydroxyl groups is 2. The molecule has 0 aliphatic heterocycles. The molecule has 2 nitrogen and oxygen atoms in total. The van der Waals surface area contributed by atoms with Crippen LogP contribution in [0.3, 0.4) is 0 Å². The van der Waals surface area contributed by atoms with Crippen LogP contribution in [0.5, 0.6) is 0 Å². The highest BCUT2D eigenvalue weighted by molar-refractivity contribution is 5.86. The second-order valence-corrected chi connectivity index (χ2v) is 4.63. The van der Waals surface area contributed by atoms with E-state index in [1.54, 1.807) is 0 Å². The Bertz CT molecular complexity index is 498. The molecule has 1 atom stereocenters. The number of aliphatic hydroxyl groups excluding tert-OH is 1. The van der Waals surface area contributed by atoms with Crippen LogP contribution in [-0.2, 0) is 5.60 Å². The van der Waals surface area contributed by atoms with Crippen LogP contribution in [0.4, 0.5) is 0 Å². The molecule has 0 amide bonds. The van der Waals surface area contributed by atoms with Gasteiger partial charge >= 0.3 is 0 Å². The summed E-state index contributed by atoms with van der Waals surface area (Å²) in [5, 5.41) is 21.6. The zero-order chi connectivity index (χ0) is 12.3. The number of hydrogen-bond donors (Lipinski definition) is 2. The topological polar surface area (TPSA) is 40.5 Å².